The molecule has 0 saturated carbocycles. The molecule has 0 spiro atoms. The van der Waals surface area contributed by atoms with Crippen LogP contribution in [0.2, 0.25) is 0 Å². The minimum Gasteiger partial charge on any atom is -0.494 e. The second-order valence-electron chi connectivity index (χ2n) is 8.30. The molecule has 2 aromatic rings. The summed E-state index contributed by atoms with van der Waals surface area (Å²) >= 11 is 0. The zero-order chi connectivity index (χ0) is 24.3. The monoisotopic (exact) mass is 474 g/mol. The molecule has 0 heterocycles. The lowest BCUT2D eigenvalue weighted by Gasteiger charge is -2.33. The summed E-state index contributed by atoms with van der Waals surface area (Å²) < 4.78 is 82.7. The summed E-state index contributed by atoms with van der Waals surface area (Å²) in [6.45, 7) is 7.90. The first-order valence-electron chi connectivity index (χ1n) is 9.84. The van der Waals surface area contributed by atoms with Crippen LogP contribution in [0.1, 0.15) is 62.8 Å². The van der Waals surface area contributed by atoms with Crippen LogP contribution in [0.5, 0.6) is 5.75 Å². The molecule has 0 aliphatic heterocycles. The molecule has 0 aliphatic rings. The van der Waals surface area contributed by atoms with E-state index in [9.17, 15) is 23.8 Å². The van der Waals surface area contributed by atoms with Gasteiger partial charge in [-0.15, -0.1) is 0 Å². The number of rotatable bonds is 4. The lowest BCUT2D eigenvalue weighted by Crippen LogP contribution is -2.14. The smallest absolute Gasteiger partial charge is 0.345 e. The highest BCUT2D eigenvalue weighted by molar-refractivity contribution is 8.49. The van der Waals surface area contributed by atoms with Gasteiger partial charge in [0.05, 0.1) is 17.4 Å². The average Bonchev–Trinajstić information content (AvgIpc) is 2.64. The lowest BCUT2D eigenvalue weighted by molar-refractivity contribution is 0.309. The number of hydrogen-bond acceptors (Lipinski definition) is 1. The van der Waals surface area contributed by atoms with Crippen molar-refractivity contribution in [3.05, 3.63) is 64.5 Å². The van der Waals surface area contributed by atoms with Crippen molar-refractivity contribution in [1.29, 1.82) is 0 Å². The van der Waals surface area contributed by atoms with Crippen LogP contribution in [0.25, 0.3) is 0 Å². The Balaban J connectivity index is 2.42. The minimum absolute atomic E-state index is 0.0580. The van der Waals surface area contributed by atoms with E-state index in [-0.39, 0.29) is 10.8 Å². The molecule has 0 saturated heterocycles. The zero-order valence-electron chi connectivity index (χ0n) is 18.2. The summed E-state index contributed by atoms with van der Waals surface area (Å²) in [4.78, 5) is 0. The predicted molar refractivity (Wildman–Crippen MR) is 118 cm³/mol. The molecule has 174 valence electrons. The van der Waals surface area contributed by atoms with Gasteiger partial charge in [0.1, 0.15) is 11.6 Å². The fourth-order valence-electron chi connectivity index (χ4n) is 2.65. The maximum absolute atomic E-state index is 14.4. The van der Waals surface area contributed by atoms with Gasteiger partial charge in [0.15, 0.2) is 0 Å². The number of halogens is 6. The molecule has 0 fully saturated rings. The van der Waals surface area contributed by atoms with Crippen molar-refractivity contribution in [3.8, 4) is 28.8 Å². The SMILES string of the molecule is CCCCOc1ccc(C#Cc2cc(F)c(C#CS(F)(F)(F)(F)F)cc2C(C)(C)C)cc1. The summed E-state index contributed by atoms with van der Waals surface area (Å²) in [5.41, 5.74) is -0.173. The Bertz CT molecular complexity index is 1110. The van der Waals surface area contributed by atoms with Gasteiger partial charge in [-0.1, -0.05) is 65.4 Å². The van der Waals surface area contributed by atoms with Crippen molar-refractivity contribution in [2.24, 2.45) is 0 Å². The van der Waals surface area contributed by atoms with E-state index in [1.807, 2.05) is 0 Å². The van der Waals surface area contributed by atoms with Gasteiger partial charge in [-0.25, -0.2) is 4.39 Å². The summed E-state index contributed by atoms with van der Waals surface area (Å²) in [7, 11) is -9.99. The number of unbranched alkanes of at least 4 members (excludes halogenated alkanes) is 1. The summed E-state index contributed by atoms with van der Waals surface area (Å²) in [5.74, 6) is 6.50. The second-order valence-corrected chi connectivity index (χ2v) is 10.4. The van der Waals surface area contributed by atoms with Crippen molar-refractivity contribution in [2.45, 2.75) is 46.0 Å². The number of benzene rings is 2. The van der Waals surface area contributed by atoms with Crippen LogP contribution in [0, 0.1) is 28.8 Å². The Morgan fingerprint density at radius 3 is 2.03 bits per heavy atom. The maximum atomic E-state index is 14.4. The van der Waals surface area contributed by atoms with Gasteiger partial charge in [-0.2, -0.15) is 0 Å². The fourth-order valence-corrected chi connectivity index (χ4v) is 2.96. The van der Waals surface area contributed by atoms with Crippen LogP contribution < -0.4 is 4.74 Å². The fraction of sp³-hybridized carbons (Fsp3) is 0.333. The summed E-state index contributed by atoms with van der Waals surface area (Å²) in [6.07, 6.45) is 1.95. The Kier molecular flexibility index (Phi) is 6.65. The Labute approximate surface area is 184 Å². The molecule has 0 radical (unpaired) electrons. The molecule has 0 atom stereocenters. The first-order valence-corrected chi connectivity index (χ1v) is 11.8. The average molecular weight is 475 g/mol. The number of ether oxygens (including phenoxy) is 1. The number of hydrogen-bond donors (Lipinski definition) is 0. The molecular formula is C24H24F6OS. The molecule has 0 amide bonds. The van der Waals surface area contributed by atoms with E-state index in [0.29, 0.717) is 23.5 Å². The first-order chi connectivity index (χ1) is 14.5. The van der Waals surface area contributed by atoms with Crippen LogP contribution in [-0.4, -0.2) is 6.61 Å². The lowest BCUT2D eigenvalue weighted by atomic mass is 9.82. The second kappa shape index (κ2) is 8.33. The van der Waals surface area contributed by atoms with Gasteiger partial charge in [-0.05, 0) is 59.7 Å². The third-order valence-electron chi connectivity index (χ3n) is 4.26. The first kappa shape index (κ1) is 25.5. The van der Waals surface area contributed by atoms with Crippen molar-refractivity contribution < 1.29 is 28.6 Å². The normalized spacial score (nSPS) is 13.7. The van der Waals surface area contributed by atoms with Gasteiger partial charge < -0.3 is 4.74 Å². The predicted octanol–water partition coefficient (Wildman–Crippen LogP) is 8.31. The van der Waals surface area contributed by atoms with Gasteiger partial charge in [0.2, 0.25) is 0 Å². The molecule has 2 rings (SSSR count). The van der Waals surface area contributed by atoms with Crippen LogP contribution >= 0.6 is 10.2 Å². The van der Waals surface area contributed by atoms with Crippen molar-refractivity contribution >= 4 is 10.2 Å². The van der Waals surface area contributed by atoms with Gasteiger partial charge in [0.25, 0.3) is 0 Å². The van der Waals surface area contributed by atoms with Crippen molar-refractivity contribution in [2.75, 3.05) is 6.61 Å². The van der Waals surface area contributed by atoms with Crippen LogP contribution in [0.15, 0.2) is 36.4 Å². The quantitative estimate of drug-likeness (QED) is 0.246. The molecule has 0 unspecified atom stereocenters. The largest absolute Gasteiger partial charge is 0.494 e. The van der Waals surface area contributed by atoms with Gasteiger partial charge >= 0.3 is 10.2 Å². The molecule has 2 aromatic carbocycles. The van der Waals surface area contributed by atoms with E-state index in [4.69, 9.17) is 4.74 Å². The Morgan fingerprint density at radius 1 is 0.875 bits per heavy atom. The third kappa shape index (κ3) is 8.43. The molecule has 0 aliphatic carbocycles. The molecule has 32 heavy (non-hydrogen) atoms. The van der Waals surface area contributed by atoms with E-state index in [2.05, 4.69) is 18.8 Å². The van der Waals surface area contributed by atoms with E-state index in [0.717, 1.165) is 25.0 Å². The molecule has 8 heteroatoms. The molecule has 0 aromatic heterocycles. The summed E-state index contributed by atoms with van der Waals surface area (Å²) in [6, 6.07) is 8.94. The highest BCUT2D eigenvalue weighted by Gasteiger charge is 2.62. The third-order valence-corrected chi connectivity index (χ3v) is 4.74. The summed E-state index contributed by atoms with van der Waals surface area (Å²) in [5, 5.41) is 0.0580. The van der Waals surface area contributed by atoms with Gasteiger partial charge in [0, 0.05) is 11.1 Å². The van der Waals surface area contributed by atoms with Gasteiger partial charge in [-0.3, -0.25) is 0 Å². The van der Waals surface area contributed by atoms with E-state index in [1.165, 1.54) is 5.92 Å². The Hall–Kier alpha value is -2.71. The highest BCUT2D eigenvalue weighted by atomic mass is 32.5. The van der Waals surface area contributed by atoms with Crippen molar-refractivity contribution in [3.63, 3.8) is 0 Å². The van der Waals surface area contributed by atoms with Crippen molar-refractivity contribution in [1.82, 2.24) is 0 Å². The van der Waals surface area contributed by atoms with E-state index >= 15 is 0 Å². The standard InChI is InChI=1S/C24H24F6OS/c1-5-6-14-31-21-11-8-18(9-12-21)7-10-19-17-23(25)20(16-22(19)24(2,3)4)13-15-32(26,27,28,29)30/h8-9,11-12,16-17H,5-6,14H2,1-4H3. The maximum Gasteiger partial charge on any atom is 0.345 e. The van der Waals surface area contributed by atoms with Crippen LogP contribution in [-0.2, 0) is 5.41 Å². The molecule has 0 N–H and O–H groups in total. The Morgan fingerprint density at radius 2 is 1.50 bits per heavy atom. The van der Waals surface area contributed by atoms with E-state index in [1.54, 1.807) is 45.0 Å². The van der Waals surface area contributed by atoms with Crippen LogP contribution in [0.4, 0.5) is 23.8 Å². The highest BCUT2D eigenvalue weighted by Crippen LogP contribution is 2.97. The minimum atomic E-state index is -9.99. The van der Waals surface area contributed by atoms with E-state index < -0.39 is 27.0 Å². The zero-order valence-corrected chi connectivity index (χ0v) is 19.0. The molecular weight excluding hydrogens is 450 g/mol. The molecule has 0 bridgehead atoms. The topological polar surface area (TPSA) is 9.23 Å². The van der Waals surface area contributed by atoms with Crippen LogP contribution in [0.3, 0.4) is 0 Å². The molecule has 1 nitrogen and oxygen atoms in total.